The van der Waals surface area contributed by atoms with E-state index >= 15 is 0 Å². The van der Waals surface area contributed by atoms with Crippen molar-refractivity contribution >= 4 is 28.9 Å². The fourth-order valence-electron chi connectivity index (χ4n) is 3.41. The summed E-state index contributed by atoms with van der Waals surface area (Å²) >= 11 is 0. The smallest absolute Gasteiger partial charge is 0.244 e. The average Bonchev–Trinajstić information content (AvgIpc) is 3.15. The Morgan fingerprint density at radius 2 is 1.69 bits per heavy atom. The summed E-state index contributed by atoms with van der Waals surface area (Å²) < 4.78 is 1.92. The van der Waals surface area contributed by atoms with Crippen molar-refractivity contribution in [3.8, 4) is 0 Å². The number of carbonyl (C=O) groups is 2. The van der Waals surface area contributed by atoms with E-state index < -0.39 is 0 Å². The van der Waals surface area contributed by atoms with Crippen LogP contribution in [0.25, 0.3) is 17.1 Å². The molecule has 164 valence electrons. The van der Waals surface area contributed by atoms with Crippen LogP contribution in [0.5, 0.6) is 0 Å². The molecule has 0 atom stereocenters. The molecule has 6 heteroatoms. The van der Waals surface area contributed by atoms with Crippen LogP contribution in [0.2, 0.25) is 0 Å². The van der Waals surface area contributed by atoms with E-state index in [2.05, 4.69) is 18.5 Å². The summed E-state index contributed by atoms with van der Waals surface area (Å²) in [7, 11) is 0. The van der Waals surface area contributed by atoms with E-state index in [0.717, 1.165) is 22.4 Å². The van der Waals surface area contributed by atoms with Crippen LogP contribution < -0.4 is 5.32 Å². The first-order valence-electron chi connectivity index (χ1n) is 10.6. The molecule has 0 fully saturated rings. The number of imidazole rings is 1. The van der Waals surface area contributed by atoms with Crippen LogP contribution in [0.15, 0.2) is 86.0 Å². The number of fused-ring (bicyclic) bond motifs is 1. The highest BCUT2D eigenvalue weighted by Crippen LogP contribution is 2.17. The maximum atomic E-state index is 12.9. The monoisotopic (exact) mass is 428 g/mol. The van der Waals surface area contributed by atoms with Gasteiger partial charge in [-0.25, -0.2) is 4.98 Å². The topological polar surface area (TPSA) is 67.2 Å². The molecule has 3 aromatic rings. The molecule has 0 saturated heterocycles. The maximum Gasteiger partial charge on any atom is 0.244 e. The molecular weight excluding hydrogens is 400 g/mol. The van der Waals surface area contributed by atoms with Gasteiger partial charge in [-0.3, -0.25) is 9.59 Å². The summed E-state index contributed by atoms with van der Waals surface area (Å²) in [4.78, 5) is 31.4. The van der Waals surface area contributed by atoms with Crippen LogP contribution in [-0.2, 0) is 22.6 Å². The van der Waals surface area contributed by atoms with Gasteiger partial charge in [0.15, 0.2) is 0 Å². The first-order valence-corrected chi connectivity index (χ1v) is 10.6. The fraction of sp³-hybridized carbons (Fsp3) is 0.192. The lowest BCUT2D eigenvalue weighted by molar-refractivity contribution is -0.130. The van der Waals surface area contributed by atoms with Crippen molar-refractivity contribution < 1.29 is 9.59 Å². The standard InChI is InChI=1S/C26H28N4O2/c1-3-18-29(19-4-2)26(32)20-30-23-13-9-8-12-22(23)28-24(30)16-17-27-25(31)15-14-21-10-6-5-7-11-21/h3-15H,1-2,16-20H2,(H,27,31)/b15-14+. The number of para-hydroxylation sites is 2. The lowest BCUT2D eigenvalue weighted by atomic mass is 10.2. The van der Waals surface area contributed by atoms with Crippen LogP contribution in [0, 0.1) is 0 Å². The Morgan fingerprint density at radius 1 is 1.00 bits per heavy atom. The Kier molecular flexibility index (Phi) is 8.15. The second-order valence-electron chi connectivity index (χ2n) is 7.26. The molecule has 0 saturated carbocycles. The van der Waals surface area contributed by atoms with Crippen LogP contribution in [-0.4, -0.2) is 45.9 Å². The van der Waals surface area contributed by atoms with Gasteiger partial charge in [0.2, 0.25) is 11.8 Å². The highest BCUT2D eigenvalue weighted by Gasteiger charge is 2.17. The molecule has 1 N–H and O–H groups in total. The van der Waals surface area contributed by atoms with Crippen LogP contribution in [0.3, 0.4) is 0 Å². The van der Waals surface area contributed by atoms with Gasteiger partial charge in [-0.1, -0.05) is 54.6 Å². The zero-order valence-electron chi connectivity index (χ0n) is 18.1. The Bertz CT molecular complexity index is 1110. The predicted octanol–water partition coefficient (Wildman–Crippen LogP) is 3.61. The number of benzene rings is 2. The third kappa shape index (κ3) is 6.04. The molecule has 0 aliphatic rings. The minimum atomic E-state index is -0.171. The van der Waals surface area contributed by atoms with Gasteiger partial charge in [0.05, 0.1) is 11.0 Å². The molecule has 0 bridgehead atoms. The molecule has 6 nitrogen and oxygen atoms in total. The summed E-state index contributed by atoms with van der Waals surface area (Å²) in [5.41, 5.74) is 2.68. The molecule has 32 heavy (non-hydrogen) atoms. The molecule has 0 aliphatic carbocycles. The van der Waals surface area contributed by atoms with Gasteiger partial charge in [-0.15, -0.1) is 13.2 Å². The number of nitrogens with one attached hydrogen (secondary N) is 1. The first-order chi connectivity index (χ1) is 15.6. The Balaban J connectivity index is 1.69. The minimum Gasteiger partial charge on any atom is -0.352 e. The number of carbonyl (C=O) groups excluding carboxylic acids is 2. The van der Waals surface area contributed by atoms with Crippen molar-refractivity contribution in [2.75, 3.05) is 19.6 Å². The molecule has 0 spiro atoms. The largest absolute Gasteiger partial charge is 0.352 e. The lowest BCUT2D eigenvalue weighted by Crippen LogP contribution is -2.34. The number of hydrogen-bond acceptors (Lipinski definition) is 3. The normalized spacial score (nSPS) is 10.9. The number of aromatic nitrogens is 2. The van der Waals surface area contributed by atoms with Gasteiger partial charge in [0.25, 0.3) is 0 Å². The van der Waals surface area contributed by atoms with Crippen molar-refractivity contribution in [2.24, 2.45) is 0 Å². The van der Waals surface area contributed by atoms with Crippen LogP contribution in [0.1, 0.15) is 11.4 Å². The van der Waals surface area contributed by atoms with Crippen molar-refractivity contribution in [3.63, 3.8) is 0 Å². The SMILES string of the molecule is C=CCN(CC=C)C(=O)Cn1c(CCNC(=O)/C=C/c2ccccc2)nc2ccccc21. The van der Waals surface area contributed by atoms with E-state index in [-0.39, 0.29) is 18.4 Å². The van der Waals surface area contributed by atoms with Crippen LogP contribution >= 0.6 is 0 Å². The number of hydrogen-bond donors (Lipinski definition) is 1. The molecule has 2 aromatic carbocycles. The molecule has 1 heterocycles. The van der Waals surface area contributed by atoms with Crippen molar-refractivity contribution in [2.45, 2.75) is 13.0 Å². The predicted molar refractivity (Wildman–Crippen MR) is 129 cm³/mol. The second-order valence-corrected chi connectivity index (χ2v) is 7.26. The summed E-state index contributed by atoms with van der Waals surface area (Å²) in [5, 5.41) is 2.89. The third-order valence-corrected chi connectivity index (χ3v) is 4.95. The minimum absolute atomic E-state index is 0.0379. The summed E-state index contributed by atoms with van der Waals surface area (Å²) in [6.07, 6.45) is 7.21. The van der Waals surface area contributed by atoms with Crippen molar-refractivity contribution in [1.82, 2.24) is 19.8 Å². The highest BCUT2D eigenvalue weighted by atomic mass is 16.2. The molecule has 1 aromatic heterocycles. The zero-order chi connectivity index (χ0) is 22.8. The highest BCUT2D eigenvalue weighted by molar-refractivity contribution is 5.91. The molecule has 0 radical (unpaired) electrons. The summed E-state index contributed by atoms with van der Waals surface area (Å²) in [6, 6.07) is 17.4. The van der Waals surface area contributed by atoms with E-state index in [1.165, 1.54) is 6.08 Å². The van der Waals surface area contributed by atoms with Gasteiger partial charge in [-0.05, 0) is 23.8 Å². The first kappa shape index (κ1) is 22.7. The number of amides is 2. The lowest BCUT2D eigenvalue weighted by Gasteiger charge is -2.20. The third-order valence-electron chi connectivity index (χ3n) is 4.95. The van der Waals surface area contributed by atoms with E-state index in [1.54, 1.807) is 23.1 Å². The van der Waals surface area contributed by atoms with Crippen molar-refractivity contribution in [1.29, 1.82) is 0 Å². The average molecular weight is 429 g/mol. The van der Waals surface area contributed by atoms with E-state index in [0.29, 0.717) is 26.1 Å². The van der Waals surface area contributed by atoms with Gasteiger partial charge < -0.3 is 14.8 Å². The van der Waals surface area contributed by atoms with Gasteiger partial charge >= 0.3 is 0 Å². The fourth-order valence-corrected chi connectivity index (χ4v) is 3.41. The molecule has 0 aliphatic heterocycles. The van der Waals surface area contributed by atoms with Gasteiger partial charge in [-0.2, -0.15) is 0 Å². The summed E-state index contributed by atoms with van der Waals surface area (Å²) in [5.74, 6) is 0.545. The molecule has 3 rings (SSSR count). The Hall–Kier alpha value is -3.93. The van der Waals surface area contributed by atoms with E-state index in [4.69, 9.17) is 4.98 Å². The van der Waals surface area contributed by atoms with Crippen LogP contribution in [0.4, 0.5) is 0 Å². The molecule has 0 unspecified atom stereocenters. The molecular formula is C26H28N4O2. The van der Waals surface area contributed by atoms with E-state index in [9.17, 15) is 9.59 Å². The summed E-state index contributed by atoms with van der Waals surface area (Å²) in [6.45, 7) is 8.95. The quantitative estimate of drug-likeness (QED) is 0.375. The van der Waals surface area contributed by atoms with Crippen molar-refractivity contribution in [3.05, 3.63) is 97.4 Å². The zero-order valence-corrected chi connectivity index (χ0v) is 18.1. The Morgan fingerprint density at radius 3 is 2.41 bits per heavy atom. The van der Waals surface area contributed by atoms with E-state index in [1.807, 2.05) is 59.2 Å². The second kappa shape index (κ2) is 11.5. The van der Waals surface area contributed by atoms with Gasteiger partial charge in [0, 0.05) is 32.1 Å². The number of nitrogens with zero attached hydrogens (tertiary/aromatic N) is 3. The molecule has 2 amide bonds. The Labute approximate surface area is 188 Å². The number of rotatable bonds is 11. The van der Waals surface area contributed by atoms with Gasteiger partial charge in [0.1, 0.15) is 12.4 Å². The maximum absolute atomic E-state index is 12.9.